The van der Waals surface area contributed by atoms with E-state index in [4.69, 9.17) is 4.74 Å². The van der Waals surface area contributed by atoms with E-state index in [1.54, 1.807) is 39.2 Å². The van der Waals surface area contributed by atoms with Gasteiger partial charge in [0.1, 0.15) is 12.3 Å². The van der Waals surface area contributed by atoms with Gasteiger partial charge in [0, 0.05) is 55.8 Å². The van der Waals surface area contributed by atoms with Gasteiger partial charge in [-0.1, -0.05) is 12.1 Å². The summed E-state index contributed by atoms with van der Waals surface area (Å²) < 4.78 is 37.2. The Bertz CT molecular complexity index is 1710. The Morgan fingerprint density at radius 2 is 1.60 bits per heavy atom. The van der Waals surface area contributed by atoms with Gasteiger partial charge in [0.15, 0.2) is 0 Å². The zero-order chi connectivity index (χ0) is 30.2. The van der Waals surface area contributed by atoms with Gasteiger partial charge in [0.25, 0.3) is 10.0 Å². The van der Waals surface area contributed by atoms with Crippen LogP contribution in [0.5, 0.6) is 5.75 Å². The fraction of sp³-hybridized carbons (Fsp3) is 0.394. The lowest BCUT2D eigenvalue weighted by atomic mass is 9.71. The van der Waals surface area contributed by atoms with Crippen molar-refractivity contribution in [3.63, 3.8) is 0 Å². The van der Waals surface area contributed by atoms with E-state index in [0.717, 1.165) is 57.2 Å². The summed E-state index contributed by atoms with van der Waals surface area (Å²) >= 11 is 0. The van der Waals surface area contributed by atoms with Crippen LogP contribution in [0.2, 0.25) is 0 Å². The van der Waals surface area contributed by atoms with Gasteiger partial charge in [-0.3, -0.25) is 14.5 Å². The van der Waals surface area contributed by atoms with Gasteiger partial charge in [0.05, 0.1) is 23.2 Å². The number of pyridine rings is 1. The number of benzene rings is 2. The quantitative estimate of drug-likeness (QED) is 0.306. The standard InChI is InChI=1S/C33H39N5O4S/c1-24-21-28(42-3)22-25(2)32(24)43(40,41)35-29-6-4-5-26-9-16-38(31(26)29)23-30(39)37-19-12-33(13-20-37)10-17-36(18-11-33)27-7-14-34-15-8-27/h4-9,14-16,21-22,35H,10-13,17-20,23H2,1-3H3. The Morgan fingerprint density at radius 3 is 2.26 bits per heavy atom. The van der Waals surface area contributed by atoms with Crippen molar-refractivity contribution >= 4 is 38.2 Å². The minimum absolute atomic E-state index is 0.0566. The highest BCUT2D eigenvalue weighted by Crippen LogP contribution is 2.42. The first kappa shape index (κ1) is 29.0. The van der Waals surface area contributed by atoms with Gasteiger partial charge < -0.3 is 19.1 Å². The molecule has 2 aliphatic rings. The molecule has 1 spiro atoms. The molecule has 1 N–H and O–H groups in total. The largest absolute Gasteiger partial charge is 0.497 e. The molecule has 1 amide bonds. The highest BCUT2D eigenvalue weighted by Gasteiger charge is 2.38. The molecule has 9 nitrogen and oxygen atoms in total. The Morgan fingerprint density at radius 1 is 0.953 bits per heavy atom. The van der Waals surface area contributed by atoms with Crippen molar-refractivity contribution in [2.75, 3.05) is 42.9 Å². The number of hydrogen-bond acceptors (Lipinski definition) is 6. The second-order valence-electron chi connectivity index (χ2n) is 12.0. The van der Waals surface area contributed by atoms with Crippen molar-refractivity contribution in [3.05, 3.63) is 78.2 Å². The number of carbonyl (C=O) groups excluding carboxylic acids is 1. The van der Waals surface area contributed by atoms with Crippen molar-refractivity contribution in [2.24, 2.45) is 5.41 Å². The van der Waals surface area contributed by atoms with Crippen LogP contribution in [-0.2, 0) is 21.4 Å². The zero-order valence-corrected chi connectivity index (χ0v) is 25.9. The smallest absolute Gasteiger partial charge is 0.262 e. The number of rotatable bonds is 7. The molecule has 2 fully saturated rings. The Hall–Kier alpha value is -4.05. The molecule has 0 aliphatic carbocycles. The van der Waals surface area contributed by atoms with Crippen molar-refractivity contribution < 1.29 is 17.9 Å². The number of sulfonamides is 1. The second kappa shape index (κ2) is 11.6. The molecule has 2 aromatic carbocycles. The second-order valence-corrected chi connectivity index (χ2v) is 13.6. The summed E-state index contributed by atoms with van der Waals surface area (Å²) in [5.74, 6) is 0.670. The minimum Gasteiger partial charge on any atom is -0.497 e. The number of para-hydroxylation sites is 1. The highest BCUT2D eigenvalue weighted by molar-refractivity contribution is 7.92. The minimum atomic E-state index is -3.89. The average Bonchev–Trinajstić information content (AvgIpc) is 3.41. The van der Waals surface area contributed by atoms with Gasteiger partial charge in [-0.15, -0.1) is 0 Å². The van der Waals surface area contributed by atoms with E-state index in [1.807, 2.05) is 46.3 Å². The number of aryl methyl sites for hydroxylation is 2. The predicted molar refractivity (Wildman–Crippen MR) is 169 cm³/mol. The van der Waals surface area contributed by atoms with Crippen molar-refractivity contribution in [1.82, 2.24) is 14.5 Å². The number of amides is 1. The van der Waals surface area contributed by atoms with Crippen LogP contribution in [-0.4, -0.2) is 62.1 Å². The van der Waals surface area contributed by atoms with Gasteiger partial charge in [-0.25, -0.2) is 8.42 Å². The molecule has 0 unspecified atom stereocenters. The molecule has 2 aromatic heterocycles. The summed E-state index contributed by atoms with van der Waals surface area (Å²) in [7, 11) is -2.33. The van der Waals surface area contributed by atoms with Gasteiger partial charge in [-0.05, 0) is 92.5 Å². The zero-order valence-electron chi connectivity index (χ0n) is 25.0. The fourth-order valence-electron chi connectivity index (χ4n) is 6.89. The van der Waals surface area contributed by atoms with Crippen LogP contribution < -0.4 is 14.4 Å². The predicted octanol–water partition coefficient (Wildman–Crippen LogP) is 5.37. The lowest BCUT2D eigenvalue weighted by molar-refractivity contribution is -0.134. The van der Waals surface area contributed by atoms with Crippen LogP contribution in [0.4, 0.5) is 11.4 Å². The van der Waals surface area contributed by atoms with E-state index in [0.29, 0.717) is 33.5 Å². The van der Waals surface area contributed by atoms with Gasteiger partial charge >= 0.3 is 0 Å². The summed E-state index contributed by atoms with van der Waals surface area (Å²) in [6.07, 6.45) is 9.86. The monoisotopic (exact) mass is 601 g/mol. The first-order valence-corrected chi connectivity index (χ1v) is 16.4. The summed E-state index contributed by atoms with van der Waals surface area (Å²) in [5, 5.41) is 0.870. The number of anilines is 2. The van der Waals surface area contributed by atoms with Crippen molar-refractivity contribution in [3.8, 4) is 5.75 Å². The van der Waals surface area contributed by atoms with E-state index in [-0.39, 0.29) is 17.3 Å². The molecule has 10 heteroatoms. The number of aromatic nitrogens is 2. The van der Waals surface area contributed by atoms with Crippen LogP contribution >= 0.6 is 0 Å². The van der Waals surface area contributed by atoms with Crippen molar-refractivity contribution in [2.45, 2.75) is 51.0 Å². The van der Waals surface area contributed by atoms with E-state index in [1.165, 1.54) is 5.69 Å². The van der Waals surface area contributed by atoms with Gasteiger partial charge in [-0.2, -0.15) is 0 Å². The first-order valence-electron chi connectivity index (χ1n) is 14.9. The lowest BCUT2D eigenvalue weighted by Gasteiger charge is -2.47. The third kappa shape index (κ3) is 5.80. The number of fused-ring (bicyclic) bond motifs is 1. The number of ether oxygens (including phenoxy) is 1. The Balaban J connectivity index is 1.14. The molecule has 4 aromatic rings. The maximum atomic E-state index is 13.6. The molecule has 2 aliphatic heterocycles. The number of likely N-dealkylation sites (tertiary alicyclic amines) is 1. The van der Waals surface area contributed by atoms with Crippen molar-refractivity contribution in [1.29, 1.82) is 0 Å². The molecule has 226 valence electrons. The number of methoxy groups -OCH3 is 1. The topological polar surface area (TPSA) is 96.8 Å². The molecule has 2 saturated heterocycles. The Kier molecular flexibility index (Phi) is 7.81. The molecule has 0 radical (unpaired) electrons. The highest BCUT2D eigenvalue weighted by atomic mass is 32.2. The third-order valence-corrected chi connectivity index (χ3v) is 11.0. The van der Waals surface area contributed by atoms with Crippen LogP contribution in [0.15, 0.2) is 72.0 Å². The lowest BCUT2D eigenvalue weighted by Crippen LogP contribution is -2.48. The fourth-order valence-corrected chi connectivity index (χ4v) is 8.42. The maximum absolute atomic E-state index is 13.6. The number of nitrogens with one attached hydrogen (secondary N) is 1. The van der Waals surface area contributed by atoms with Crippen LogP contribution in [0, 0.1) is 19.3 Å². The normalized spacial score (nSPS) is 16.9. The van der Waals surface area contributed by atoms with E-state index in [2.05, 4.69) is 26.7 Å². The SMILES string of the molecule is COc1cc(C)c(S(=O)(=O)Nc2cccc3ccn(CC(=O)N4CCC5(CC4)CCN(c4ccncc4)CC5)c23)c(C)c1. The van der Waals surface area contributed by atoms with Crippen LogP contribution in [0.1, 0.15) is 36.8 Å². The molecule has 6 rings (SSSR count). The number of piperidine rings is 2. The summed E-state index contributed by atoms with van der Waals surface area (Å²) in [5.41, 5.74) is 3.88. The van der Waals surface area contributed by atoms with E-state index >= 15 is 0 Å². The molecular weight excluding hydrogens is 562 g/mol. The molecule has 0 saturated carbocycles. The first-order chi connectivity index (χ1) is 20.7. The van der Waals surface area contributed by atoms with E-state index < -0.39 is 10.0 Å². The number of nitrogens with zero attached hydrogens (tertiary/aromatic N) is 4. The average molecular weight is 602 g/mol. The molecule has 43 heavy (non-hydrogen) atoms. The molecule has 0 bridgehead atoms. The molecular formula is C33H39N5O4S. The Labute approximate surface area is 253 Å². The van der Waals surface area contributed by atoms with Crippen LogP contribution in [0.3, 0.4) is 0 Å². The number of hydrogen-bond donors (Lipinski definition) is 1. The van der Waals surface area contributed by atoms with Crippen LogP contribution in [0.25, 0.3) is 10.9 Å². The maximum Gasteiger partial charge on any atom is 0.262 e. The summed E-state index contributed by atoms with van der Waals surface area (Å²) in [6.45, 7) is 7.25. The molecule has 4 heterocycles. The van der Waals surface area contributed by atoms with E-state index in [9.17, 15) is 13.2 Å². The summed E-state index contributed by atoms with van der Waals surface area (Å²) in [6, 6.07) is 15.0. The van der Waals surface area contributed by atoms with Gasteiger partial charge in [0.2, 0.25) is 5.91 Å². The third-order valence-electron chi connectivity index (χ3n) is 9.31. The molecule has 0 atom stereocenters. The summed E-state index contributed by atoms with van der Waals surface area (Å²) in [4.78, 5) is 22.3. The number of carbonyl (C=O) groups is 1.